The molecule has 84 valence electrons. The maximum atomic E-state index is 11.7. The number of aromatic nitrogens is 2. The van der Waals surface area contributed by atoms with Crippen molar-refractivity contribution in [3.05, 3.63) is 48.0 Å². The summed E-state index contributed by atoms with van der Waals surface area (Å²) >= 11 is 0. The first kappa shape index (κ1) is 11.0. The lowest BCUT2D eigenvalue weighted by Crippen LogP contribution is -2.12. The normalized spacial score (nSPS) is 9.24. The second kappa shape index (κ2) is 4.99. The van der Waals surface area contributed by atoms with E-state index in [0.717, 1.165) is 11.3 Å². The van der Waals surface area contributed by atoms with Crippen LogP contribution in [0.1, 0.15) is 23.0 Å². The van der Waals surface area contributed by atoms with Crippen molar-refractivity contribution >= 4 is 11.6 Å². The van der Waals surface area contributed by atoms with E-state index >= 15 is 0 Å². The largest absolute Gasteiger partial charge is 0.341 e. The molecule has 0 spiro atoms. The first-order valence-electron chi connectivity index (χ1n) is 5.12. The highest BCUT2D eigenvalue weighted by molar-refractivity contribution is 6.02. The number of anilines is 1. The molecule has 2 N–H and O–H groups in total. The van der Waals surface area contributed by atoms with Gasteiger partial charge in [-0.15, -0.1) is 5.92 Å². The van der Waals surface area contributed by atoms with Crippen LogP contribution in [0.15, 0.2) is 36.8 Å². The van der Waals surface area contributed by atoms with Gasteiger partial charge in [-0.3, -0.25) is 4.79 Å². The van der Waals surface area contributed by atoms with Crippen LogP contribution in [0.4, 0.5) is 5.69 Å². The number of imidazole rings is 1. The Morgan fingerprint density at radius 3 is 2.71 bits per heavy atom. The highest BCUT2D eigenvalue weighted by Crippen LogP contribution is 2.09. The third-order valence-electron chi connectivity index (χ3n) is 2.15. The fourth-order valence-corrected chi connectivity index (χ4v) is 1.36. The Morgan fingerprint density at radius 2 is 2.12 bits per heavy atom. The summed E-state index contributed by atoms with van der Waals surface area (Å²) in [7, 11) is 0. The van der Waals surface area contributed by atoms with E-state index < -0.39 is 0 Å². The summed E-state index contributed by atoms with van der Waals surface area (Å²) in [5.41, 5.74) is 2.08. The van der Waals surface area contributed by atoms with Gasteiger partial charge >= 0.3 is 0 Å². The Kier molecular flexibility index (Phi) is 3.22. The lowest BCUT2D eigenvalue weighted by molar-refractivity contribution is 0.102. The molecule has 1 amide bonds. The maximum Gasteiger partial charge on any atom is 0.273 e. The SMILES string of the molecule is CC#Cc1ccc(NC(=O)c2cnc[nH]2)cc1. The first-order valence-corrected chi connectivity index (χ1v) is 5.12. The van der Waals surface area contributed by atoms with Gasteiger partial charge in [-0.25, -0.2) is 4.98 Å². The van der Waals surface area contributed by atoms with Gasteiger partial charge in [0.2, 0.25) is 0 Å². The molecular formula is C13H11N3O. The molecule has 0 unspecified atom stereocenters. The van der Waals surface area contributed by atoms with Crippen LogP contribution in [0.2, 0.25) is 0 Å². The lowest BCUT2D eigenvalue weighted by atomic mass is 10.2. The molecular weight excluding hydrogens is 214 g/mol. The Bertz CT molecular complexity index is 559. The standard InChI is InChI=1S/C13H11N3O/c1-2-3-10-4-6-11(7-5-10)16-13(17)12-8-14-9-15-12/h4-9H,1H3,(H,14,15)(H,16,17). The summed E-state index contributed by atoms with van der Waals surface area (Å²) in [6, 6.07) is 7.35. The molecule has 2 aromatic rings. The number of amides is 1. The Hall–Kier alpha value is -2.54. The summed E-state index contributed by atoms with van der Waals surface area (Å²) in [5, 5.41) is 2.76. The molecule has 1 aromatic carbocycles. The number of nitrogens with one attached hydrogen (secondary N) is 2. The lowest BCUT2D eigenvalue weighted by Gasteiger charge is -2.03. The molecule has 1 aromatic heterocycles. The number of benzene rings is 1. The zero-order valence-electron chi connectivity index (χ0n) is 9.32. The molecule has 2 rings (SSSR count). The van der Waals surface area contributed by atoms with Crippen molar-refractivity contribution in [1.29, 1.82) is 0 Å². The van der Waals surface area contributed by atoms with Crippen LogP contribution in [0, 0.1) is 11.8 Å². The molecule has 0 saturated heterocycles. The van der Waals surface area contributed by atoms with Crippen molar-refractivity contribution in [3.8, 4) is 11.8 Å². The monoisotopic (exact) mass is 225 g/mol. The Morgan fingerprint density at radius 1 is 1.35 bits per heavy atom. The number of hydrogen-bond donors (Lipinski definition) is 2. The predicted molar refractivity (Wildman–Crippen MR) is 65.5 cm³/mol. The van der Waals surface area contributed by atoms with Crippen LogP contribution >= 0.6 is 0 Å². The third-order valence-corrected chi connectivity index (χ3v) is 2.15. The molecule has 0 fully saturated rings. The molecule has 17 heavy (non-hydrogen) atoms. The number of hydrogen-bond acceptors (Lipinski definition) is 2. The molecule has 0 aliphatic carbocycles. The van der Waals surface area contributed by atoms with Crippen LogP contribution in [0.25, 0.3) is 0 Å². The van der Waals surface area contributed by atoms with Gasteiger partial charge in [-0.1, -0.05) is 5.92 Å². The fraction of sp³-hybridized carbons (Fsp3) is 0.0769. The van der Waals surface area contributed by atoms with Crippen molar-refractivity contribution in [2.75, 3.05) is 5.32 Å². The molecule has 0 aliphatic rings. The predicted octanol–water partition coefficient (Wildman–Crippen LogP) is 2.03. The van der Waals surface area contributed by atoms with E-state index in [2.05, 4.69) is 27.1 Å². The molecule has 0 bridgehead atoms. The highest BCUT2D eigenvalue weighted by Gasteiger charge is 2.06. The van der Waals surface area contributed by atoms with E-state index in [4.69, 9.17) is 0 Å². The number of rotatable bonds is 2. The van der Waals surface area contributed by atoms with Crippen molar-refractivity contribution < 1.29 is 4.79 Å². The minimum absolute atomic E-state index is 0.211. The quantitative estimate of drug-likeness (QED) is 0.768. The smallest absolute Gasteiger partial charge is 0.273 e. The van der Waals surface area contributed by atoms with Crippen LogP contribution in [-0.4, -0.2) is 15.9 Å². The molecule has 0 atom stereocenters. The van der Waals surface area contributed by atoms with Gasteiger partial charge in [0, 0.05) is 11.3 Å². The number of aromatic amines is 1. The van der Waals surface area contributed by atoms with E-state index in [1.165, 1.54) is 12.5 Å². The maximum absolute atomic E-state index is 11.7. The van der Waals surface area contributed by atoms with Gasteiger partial charge in [0.05, 0.1) is 12.5 Å². The molecule has 0 radical (unpaired) electrons. The van der Waals surface area contributed by atoms with Gasteiger partial charge < -0.3 is 10.3 Å². The minimum atomic E-state index is -0.211. The molecule has 1 heterocycles. The number of carbonyl (C=O) groups is 1. The van der Waals surface area contributed by atoms with E-state index in [-0.39, 0.29) is 5.91 Å². The zero-order valence-corrected chi connectivity index (χ0v) is 9.32. The van der Waals surface area contributed by atoms with E-state index in [0.29, 0.717) is 5.69 Å². The molecule has 0 aliphatic heterocycles. The van der Waals surface area contributed by atoms with Crippen molar-refractivity contribution in [2.45, 2.75) is 6.92 Å². The molecule has 4 heteroatoms. The van der Waals surface area contributed by atoms with Crippen molar-refractivity contribution in [1.82, 2.24) is 9.97 Å². The summed E-state index contributed by atoms with van der Waals surface area (Å²) in [6.45, 7) is 1.79. The average molecular weight is 225 g/mol. The number of H-pyrrole nitrogens is 1. The Balaban J connectivity index is 2.08. The molecule has 0 saturated carbocycles. The van der Waals surface area contributed by atoms with Gasteiger partial charge in [-0.2, -0.15) is 0 Å². The number of nitrogens with zero attached hydrogens (tertiary/aromatic N) is 1. The average Bonchev–Trinajstić information content (AvgIpc) is 2.86. The zero-order chi connectivity index (χ0) is 12.1. The van der Waals surface area contributed by atoms with Crippen LogP contribution in [-0.2, 0) is 0 Å². The van der Waals surface area contributed by atoms with Crippen LogP contribution < -0.4 is 5.32 Å². The summed E-state index contributed by atoms with van der Waals surface area (Å²) < 4.78 is 0. The Labute approximate surface area is 99.1 Å². The van der Waals surface area contributed by atoms with Gasteiger partial charge in [0.25, 0.3) is 5.91 Å². The second-order valence-corrected chi connectivity index (χ2v) is 3.37. The third kappa shape index (κ3) is 2.73. The van der Waals surface area contributed by atoms with E-state index in [1.807, 2.05) is 24.3 Å². The highest BCUT2D eigenvalue weighted by atomic mass is 16.1. The van der Waals surface area contributed by atoms with Crippen LogP contribution in [0.3, 0.4) is 0 Å². The second-order valence-electron chi connectivity index (χ2n) is 3.37. The van der Waals surface area contributed by atoms with Gasteiger partial charge in [0.15, 0.2) is 0 Å². The summed E-state index contributed by atoms with van der Waals surface area (Å²) in [4.78, 5) is 18.2. The van der Waals surface area contributed by atoms with Gasteiger partial charge in [0.1, 0.15) is 5.69 Å². The van der Waals surface area contributed by atoms with Crippen LogP contribution in [0.5, 0.6) is 0 Å². The first-order chi connectivity index (χ1) is 8.29. The van der Waals surface area contributed by atoms with Gasteiger partial charge in [-0.05, 0) is 31.2 Å². The topological polar surface area (TPSA) is 57.8 Å². The van der Waals surface area contributed by atoms with E-state index in [1.54, 1.807) is 6.92 Å². The molecule has 4 nitrogen and oxygen atoms in total. The fourth-order valence-electron chi connectivity index (χ4n) is 1.36. The van der Waals surface area contributed by atoms with Crippen molar-refractivity contribution in [2.24, 2.45) is 0 Å². The summed E-state index contributed by atoms with van der Waals surface area (Å²) in [6.07, 6.45) is 2.95. The number of carbonyl (C=O) groups excluding carboxylic acids is 1. The minimum Gasteiger partial charge on any atom is -0.341 e. The summed E-state index contributed by atoms with van der Waals surface area (Å²) in [5.74, 6) is 5.54. The van der Waals surface area contributed by atoms with E-state index in [9.17, 15) is 4.79 Å². The van der Waals surface area contributed by atoms with Crippen molar-refractivity contribution in [3.63, 3.8) is 0 Å².